The fraction of sp³-hybridized carbons (Fsp3) is 0.0741. The van der Waals surface area contributed by atoms with Gasteiger partial charge in [-0.3, -0.25) is 4.79 Å². The van der Waals surface area contributed by atoms with E-state index in [2.05, 4.69) is 10.5 Å². The lowest BCUT2D eigenvalue weighted by Crippen LogP contribution is -2.17. The first-order valence-corrected chi connectivity index (χ1v) is 10.2. The van der Waals surface area contributed by atoms with Gasteiger partial charge in [-0.1, -0.05) is 65.7 Å². The van der Waals surface area contributed by atoms with Gasteiger partial charge in [-0.25, -0.2) is 10.2 Å². The molecular weight excluding hydrogens is 400 g/mol. The Hall–Kier alpha value is -4.25. The van der Waals surface area contributed by atoms with Crippen LogP contribution < -0.4 is 10.2 Å². The van der Waals surface area contributed by atoms with Crippen LogP contribution in [0, 0.1) is 13.8 Å². The normalized spacial score (nSPS) is 10.9. The molecule has 0 aliphatic heterocycles. The van der Waals surface area contributed by atoms with Crippen molar-refractivity contribution in [3.63, 3.8) is 0 Å². The number of esters is 1. The third-order valence-corrected chi connectivity index (χ3v) is 5.09. The summed E-state index contributed by atoms with van der Waals surface area (Å²) in [6.45, 7) is 3.91. The van der Waals surface area contributed by atoms with Crippen LogP contribution in [0.3, 0.4) is 0 Å². The highest BCUT2D eigenvalue weighted by Crippen LogP contribution is 2.27. The summed E-state index contributed by atoms with van der Waals surface area (Å²) in [5.74, 6) is -0.416. The number of fused-ring (bicyclic) bond motifs is 1. The summed E-state index contributed by atoms with van der Waals surface area (Å²) in [5, 5.41) is 5.95. The van der Waals surface area contributed by atoms with Crippen LogP contribution in [0.15, 0.2) is 90.0 Å². The first kappa shape index (κ1) is 21.0. The predicted molar refractivity (Wildman–Crippen MR) is 126 cm³/mol. The molecule has 0 aromatic heterocycles. The van der Waals surface area contributed by atoms with Crippen LogP contribution in [0.25, 0.3) is 10.8 Å². The van der Waals surface area contributed by atoms with Gasteiger partial charge in [0.2, 0.25) is 0 Å². The van der Waals surface area contributed by atoms with E-state index in [-0.39, 0.29) is 5.91 Å². The van der Waals surface area contributed by atoms with Gasteiger partial charge in [-0.05, 0) is 55.0 Å². The number of benzene rings is 4. The largest absolute Gasteiger partial charge is 0.422 e. The molecule has 158 valence electrons. The Bertz CT molecular complexity index is 1310. The molecule has 4 aromatic rings. The molecule has 0 saturated carbocycles. The number of carbonyl (C=O) groups excluding carboxylic acids is 2. The molecule has 0 aliphatic rings. The maximum absolute atomic E-state index is 12.7. The number of rotatable bonds is 5. The minimum Gasteiger partial charge on any atom is -0.422 e. The Labute approximate surface area is 186 Å². The molecule has 0 aliphatic carbocycles. The van der Waals surface area contributed by atoms with Gasteiger partial charge in [0.1, 0.15) is 5.75 Å². The van der Waals surface area contributed by atoms with E-state index in [4.69, 9.17) is 4.74 Å². The fourth-order valence-corrected chi connectivity index (χ4v) is 3.27. The van der Waals surface area contributed by atoms with Crippen LogP contribution in [0.2, 0.25) is 0 Å². The van der Waals surface area contributed by atoms with E-state index in [1.807, 2.05) is 68.4 Å². The third-order valence-electron chi connectivity index (χ3n) is 5.09. The summed E-state index contributed by atoms with van der Waals surface area (Å²) in [4.78, 5) is 25.0. The molecule has 0 radical (unpaired) electrons. The van der Waals surface area contributed by atoms with E-state index < -0.39 is 5.97 Å². The lowest BCUT2D eigenvalue weighted by atomic mass is 10.0. The second-order valence-electron chi connectivity index (χ2n) is 7.52. The highest BCUT2D eigenvalue weighted by molar-refractivity contribution is 6.04. The first-order valence-electron chi connectivity index (χ1n) is 10.2. The van der Waals surface area contributed by atoms with Gasteiger partial charge in [0, 0.05) is 11.1 Å². The number of hydrazone groups is 1. The van der Waals surface area contributed by atoms with Crippen molar-refractivity contribution in [3.05, 3.63) is 113 Å². The van der Waals surface area contributed by atoms with E-state index in [0.29, 0.717) is 22.4 Å². The van der Waals surface area contributed by atoms with Crippen molar-refractivity contribution in [2.75, 3.05) is 0 Å². The molecule has 1 amide bonds. The maximum atomic E-state index is 12.7. The van der Waals surface area contributed by atoms with Crippen molar-refractivity contribution in [3.8, 4) is 5.75 Å². The predicted octanol–water partition coefficient (Wildman–Crippen LogP) is 5.44. The van der Waals surface area contributed by atoms with Gasteiger partial charge in [0.25, 0.3) is 5.91 Å². The van der Waals surface area contributed by atoms with Crippen molar-refractivity contribution < 1.29 is 14.3 Å². The Morgan fingerprint density at radius 2 is 1.41 bits per heavy atom. The minimum absolute atomic E-state index is 0.320. The molecule has 4 rings (SSSR count). The van der Waals surface area contributed by atoms with Crippen molar-refractivity contribution >= 4 is 28.9 Å². The number of carbonyl (C=O) groups is 2. The number of nitrogens with zero attached hydrogens (tertiary/aromatic N) is 1. The SMILES string of the molecule is Cc1ccc(C(=O)N/N=C/c2c(OC(=O)c3ccc(C)cc3)ccc3ccccc23)cc1. The molecule has 4 aromatic carbocycles. The van der Waals surface area contributed by atoms with Crippen molar-refractivity contribution in [2.24, 2.45) is 5.10 Å². The van der Waals surface area contributed by atoms with Crippen LogP contribution in [0.4, 0.5) is 0 Å². The van der Waals surface area contributed by atoms with Crippen LogP contribution in [0.1, 0.15) is 37.4 Å². The average molecular weight is 422 g/mol. The number of ether oxygens (including phenoxy) is 1. The topological polar surface area (TPSA) is 67.8 Å². The van der Waals surface area contributed by atoms with Crippen molar-refractivity contribution in [2.45, 2.75) is 13.8 Å². The van der Waals surface area contributed by atoms with Gasteiger partial charge in [0.05, 0.1) is 11.8 Å². The molecule has 0 fully saturated rings. The van der Waals surface area contributed by atoms with Crippen LogP contribution in [0.5, 0.6) is 5.75 Å². The minimum atomic E-state index is -0.460. The quantitative estimate of drug-likeness (QED) is 0.202. The summed E-state index contributed by atoms with van der Waals surface area (Å²) in [5.41, 5.74) is 6.24. The summed E-state index contributed by atoms with van der Waals surface area (Å²) < 4.78 is 5.69. The summed E-state index contributed by atoms with van der Waals surface area (Å²) in [6.07, 6.45) is 1.51. The van der Waals surface area contributed by atoms with Gasteiger partial charge < -0.3 is 4.74 Å². The van der Waals surface area contributed by atoms with Crippen molar-refractivity contribution in [1.29, 1.82) is 0 Å². The fourth-order valence-electron chi connectivity index (χ4n) is 3.27. The molecule has 5 nitrogen and oxygen atoms in total. The van der Waals surface area contributed by atoms with E-state index in [9.17, 15) is 9.59 Å². The van der Waals surface area contributed by atoms with E-state index >= 15 is 0 Å². The molecule has 0 saturated heterocycles. The maximum Gasteiger partial charge on any atom is 0.343 e. The Morgan fingerprint density at radius 3 is 2.09 bits per heavy atom. The summed E-state index contributed by atoms with van der Waals surface area (Å²) >= 11 is 0. The molecule has 1 N–H and O–H groups in total. The summed E-state index contributed by atoms with van der Waals surface area (Å²) in [6, 6.07) is 25.7. The molecule has 0 spiro atoms. The monoisotopic (exact) mass is 422 g/mol. The number of nitrogens with one attached hydrogen (secondary N) is 1. The standard InChI is InChI=1S/C27H22N2O3/c1-18-7-11-21(12-8-18)26(30)29-28-17-24-23-6-4-3-5-20(23)15-16-25(24)32-27(31)22-13-9-19(2)10-14-22/h3-17H,1-2H3,(H,29,30)/b28-17+. The van der Waals surface area contributed by atoms with Gasteiger partial charge in [0.15, 0.2) is 0 Å². The number of hydrogen-bond donors (Lipinski definition) is 1. The molecule has 0 unspecified atom stereocenters. The average Bonchev–Trinajstić information content (AvgIpc) is 2.81. The lowest BCUT2D eigenvalue weighted by molar-refractivity contribution is 0.0734. The second-order valence-corrected chi connectivity index (χ2v) is 7.52. The van der Waals surface area contributed by atoms with Gasteiger partial charge in [-0.15, -0.1) is 0 Å². The van der Waals surface area contributed by atoms with Crippen molar-refractivity contribution in [1.82, 2.24) is 5.43 Å². The molecular formula is C27H22N2O3. The third kappa shape index (κ3) is 4.73. The summed E-state index contributed by atoms with van der Waals surface area (Å²) in [7, 11) is 0. The Balaban J connectivity index is 1.62. The van der Waals surface area contributed by atoms with Crippen LogP contribution in [-0.4, -0.2) is 18.1 Å². The molecule has 32 heavy (non-hydrogen) atoms. The lowest BCUT2D eigenvalue weighted by Gasteiger charge is -2.11. The van der Waals surface area contributed by atoms with Gasteiger partial charge in [-0.2, -0.15) is 5.10 Å². The highest BCUT2D eigenvalue weighted by atomic mass is 16.5. The number of aryl methyl sites for hydroxylation is 2. The molecule has 0 atom stereocenters. The Morgan fingerprint density at radius 1 is 0.781 bits per heavy atom. The van der Waals surface area contributed by atoms with Crippen LogP contribution in [-0.2, 0) is 0 Å². The molecule has 5 heteroatoms. The first-order chi connectivity index (χ1) is 15.5. The highest BCUT2D eigenvalue weighted by Gasteiger charge is 2.13. The van der Waals surface area contributed by atoms with E-state index in [0.717, 1.165) is 21.9 Å². The zero-order valence-corrected chi connectivity index (χ0v) is 17.8. The zero-order valence-electron chi connectivity index (χ0n) is 17.8. The smallest absolute Gasteiger partial charge is 0.343 e. The second kappa shape index (κ2) is 9.27. The number of hydrogen-bond acceptors (Lipinski definition) is 4. The Kier molecular flexibility index (Phi) is 6.08. The molecule has 0 heterocycles. The molecule has 0 bridgehead atoms. The van der Waals surface area contributed by atoms with E-state index in [1.165, 1.54) is 6.21 Å². The zero-order chi connectivity index (χ0) is 22.5. The van der Waals surface area contributed by atoms with Gasteiger partial charge >= 0.3 is 5.97 Å². The number of amides is 1. The van der Waals surface area contributed by atoms with Crippen LogP contribution >= 0.6 is 0 Å². The van der Waals surface area contributed by atoms with E-state index in [1.54, 1.807) is 30.3 Å².